The molecule has 1 aromatic carbocycles. The molecule has 5 heteroatoms. The summed E-state index contributed by atoms with van der Waals surface area (Å²) in [5, 5.41) is 3.01. The summed E-state index contributed by atoms with van der Waals surface area (Å²) in [5.41, 5.74) is 0.490. The Kier molecular flexibility index (Phi) is 3.84. The van der Waals surface area contributed by atoms with Crippen LogP contribution in [0.1, 0.15) is 17.4 Å². The van der Waals surface area contributed by atoms with Crippen LogP contribution in [0.15, 0.2) is 36.7 Å². The fourth-order valence-corrected chi connectivity index (χ4v) is 1.75. The van der Waals surface area contributed by atoms with E-state index in [0.717, 1.165) is 0 Å². The lowest BCUT2D eigenvalue weighted by molar-refractivity contribution is 0.410. The molecular weight excluding hydrogens is 233 g/mol. The minimum Gasteiger partial charge on any atom is -0.497 e. The number of methoxy groups -OCH3 is 1. The summed E-state index contributed by atoms with van der Waals surface area (Å²) < 4.78 is 19.0. The van der Waals surface area contributed by atoms with Crippen molar-refractivity contribution in [3.63, 3.8) is 0 Å². The molecular formula is C13H14FN3O. The Bertz CT molecular complexity index is 519. The maximum absolute atomic E-state index is 14.0. The first kappa shape index (κ1) is 12.4. The van der Waals surface area contributed by atoms with Crippen LogP contribution in [0.25, 0.3) is 0 Å². The summed E-state index contributed by atoms with van der Waals surface area (Å²) in [5.74, 6) is 0.672. The molecule has 0 saturated carbocycles. The zero-order chi connectivity index (χ0) is 13.0. The van der Waals surface area contributed by atoms with Crippen LogP contribution < -0.4 is 10.1 Å². The standard InChI is InChI=1S/C13H14FN3O/c1-15-12(13-16-6-3-7-17-13)10-5-4-9(18-2)8-11(10)14/h3-8,12,15H,1-2H3. The zero-order valence-electron chi connectivity index (χ0n) is 10.2. The van der Waals surface area contributed by atoms with Gasteiger partial charge in [-0.3, -0.25) is 0 Å². The molecule has 1 aromatic heterocycles. The van der Waals surface area contributed by atoms with Crippen molar-refractivity contribution < 1.29 is 9.13 Å². The van der Waals surface area contributed by atoms with Gasteiger partial charge in [-0.15, -0.1) is 0 Å². The Labute approximate surface area is 105 Å². The lowest BCUT2D eigenvalue weighted by Crippen LogP contribution is -2.21. The molecule has 0 spiro atoms. The minimum atomic E-state index is -0.378. The Balaban J connectivity index is 2.39. The molecule has 0 amide bonds. The average molecular weight is 247 g/mol. The number of halogens is 1. The molecule has 0 aliphatic carbocycles. The van der Waals surface area contributed by atoms with Gasteiger partial charge in [0.1, 0.15) is 17.4 Å². The van der Waals surface area contributed by atoms with E-state index in [-0.39, 0.29) is 11.9 Å². The number of nitrogens with one attached hydrogen (secondary N) is 1. The van der Waals surface area contributed by atoms with Crippen LogP contribution in [-0.4, -0.2) is 24.1 Å². The summed E-state index contributed by atoms with van der Waals surface area (Å²) in [7, 11) is 3.25. The number of ether oxygens (including phenoxy) is 1. The summed E-state index contributed by atoms with van der Waals surface area (Å²) in [6, 6.07) is 6.08. The number of rotatable bonds is 4. The molecule has 94 valence electrons. The first-order valence-electron chi connectivity index (χ1n) is 5.54. The van der Waals surface area contributed by atoms with E-state index in [1.54, 1.807) is 37.6 Å². The number of hydrogen-bond donors (Lipinski definition) is 1. The highest BCUT2D eigenvalue weighted by Gasteiger charge is 2.18. The van der Waals surface area contributed by atoms with Gasteiger partial charge in [-0.1, -0.05) is 6.07 Å². The van der Waals surface area contributed by atoms with E-state index in [1.807, 2.05) is 0 Å². The van der Waals surface area contributed by atoms with Crippen LogP contribution in [-0.2, 0) is 0 Å². The second kappa shape index (κ2) is 5.55. The topological polar surface area (TPSA) is 47.0 Å². The van der Waals surface area contributed by atoms with Gasteiger partial charge in [0.2, 0.25) is 0 Å². The number of benzene rings is 1. The lowest BCUT2D eigenvalue weighted by atomic mass is 10.1. The predicted molar refractivity (Wildman–Crippen MR) is 65.9 cm³/mol. The van der Waals surface area contributed by atoms with E-state index in [9.17, 15) is 4.39 Å². The average Bonchev–Trinajstić information content (AvgIpc) is 2.42. The highest BCUT2D eigenvalue weighted by molar-refractivity contribution is 5.33. The first-order chi connectivity index (χ1) is 8.76. The summed E-state index contributed by atoms with van der Waals surface area (Å²) in [6.45, 7) is 0. The highest BCUT2D eigenvalue weighted by atomic mass is 19.1. The second-order valence-corrected chi connectivity index (χ2v) is 3.72. The van der Waals surface area contributed by atoms with Crippen molar-refractivity contribution in [2.24, 2.45) is 0 Å². The number of nitrogens with zero attached hydrogens (tertiary/aromatic N) is 2. The quantitative estimate of drug-likeness (QED) is 0.896. The van der Waals surface area contributed by atoms with Crippen molar-refractivity contribution in [1.82, 2.24) is 15.3 Å². The fraction of sp³-hybridized carbons (Fsp3) is 0.231. The SMILES string of the molecule is CNC(c1ncccn1)c1ccc(OC)cc1F. The van der Waals surface area contributed by atoms with Crippen LogP contribution >= 0.6 is 0 Å². The molecule has 2 aromatic rings. The van der Waals surface area contributed by atoms with E-state index in [1.165, 1.54) is 13.2 Å². The van der Waals surface area contributed by atoms with Crippen LogP contribution in [0.5, 0.6) is 5.75 Å². The largest absolute Gasteiger partial charge is 0.497 e. The molecule has 0 bridgehead atoms. The molecule has 1 heterocycles. The van der Waals surface area contributed by atoms with Crippen molar-refractivity contribution in [2.75, 3.05) is 14.2 Å². The van der Waals surface area contributed by atoms with Gasteiger partial charge in [0, 0.05) is 24.0 Å². The Morgan fingerprint density at radius 1 is 1.28 bits per heavy atom. The molecule has 0 aliphatic rings. The summed E-state index contributed by atoms with van der Waals surface area (Å²) in [6.07, 6.45) is 3.27. The van der Waals surface area contributed by atoms with Crippen LogP contribution in [0, 0.1) is 5.82 Å². The molecule has 0 aliphatic heterocycles. The molecule has 0 saturated heterocycles. The maximum Gasteiger partial charge on any atom is 0.149 e. The van der Waals surface area contributed by atoms with Gasteiger partial charge in [-0.25, -0.2) is 14.4 Å². The zero-order valence-corrected chi connectivity index (χ0v) is 10.2. The van der Waals surface area contributed by atoms with Crippen molar-refractivity contribution in [3.8, 4) is 5.75 Å². The highest BCUT2D eigenvalue weighted by Crippen LogP contribution is 2.24. The van der Waals surface area contributed by atoms with Crippen LogP contribution in [0.2, 0.25) is 0 Å². The van der Waals surface area contributed by atoms with E-state index in [4.69, 9.17) is 4.74 Å². The summed E-state index contributed by atoms with van der Waals surface area (Å²) >= 11 is 0. The van der Waals surface area contributed by atoms with E-state index in [0.29, 0.717) is 17.1 Å². The maximum atomic E-state index is 14.0. The van der Waals surface area contributed by atoms with E-state index < -0.39 is 0 Å². The van der Waals surface area contributed by atoms with Crippen LogP contribution in [0.4, 0.5) is 4.39 Å². The fourth-order valence-electron chi connectivity index (χ4n) is 1.75. The Morgan fingerprint density at radius 3 is 2.56 bits per heavy atom. The third kappa shape index (κ3) is 2.46. The summed E-state index contributed by atoms with van der Waals surface area (Å²) in [4.78, 5) is 8.28. The smallest absolute Gasteiger partial charge is 0.149 e. The number of hydrogen-bond acceptors (Lipinski definition) is 4. The van der Waals surface area contributed by atoms with Gasteiger partial charge in [0.05, 0.1) is 13.2 Å². The molecule has 1 N–H and O–H groups in total. The molecule has 2 rings (SSSR count). The minimum absolute atomic E-state index is 0.346. The molecule has 1 unspecified atom stereocenters. The van der Waals surface area contributed by atoms with Gasteiger partial charge in [0.15, 0.2) is 0 Å². The normalized spacial score (nSPS) is 12.2. The van der Waals surface area contributed by atoms with Crippen LogP contribution in [0.3, 0.4) is 0 Å². The molecule has 1 atom stereocenters. The van der Waals surface area contributed by atoms with Gasteiger partial charge in [-0.05, 0) is 19.2 Å². The Hall–Kier alpha value is -2.01. The van der Waals surface area contributed by atoms with Gasteiger partial charge in [-0.2, -0.15) is 0 Å². The number of aromatic nitrogens is 2. The van der Waals surface area contributed by atoms with Gasteiger partial charge >= 0.3 is 0 Å². The first-order valence-corrected chi connectivity index (χ1v) is 5.54. The van der Waals surface area contributed by atoms with Crippen molar-refractivity contribution in [3.05, 3.63) is 53.9 Å². The third-order valence-corrected chi connectivity index (χ3v) is 2.65. The lowest BCUT2D eigenvalue weighted by Gasteiger charge is -2.16. The molecule has 0 fully saturated rings. The van der Waals surface area contributed by atoms with Gasteiger partial charge < -0.3 is 10.1 Å². The molecule has 18 heavy (non-hydrogen) atoms. The van der Waals surface area contributed by atoms with Crippen molar-refractivity contribution in [1.29, 1.82) is 0 Å². The third-order valence-electron chi connectivity index (χ3n) is 2.65. The molecule has 0 radical (unpaired) electrons. The van der Waals surface area contributed by atoms with Gasteiger partial charge in [0.25, 0.3) is 0 Å². The monoisotopic (exact) mass is 247 g/mol. The molecule has 4 nitrogen and oxygen atoms in total. The van der Waals surface area contributed by atoms with E-state index in [2.05, 4.69) is 15.3 Å². The second-order valence-electron chi connectivity index (χ2n) is 3.72. The predicted octanol–water partition coefficient (Wildman–Crippen LogP) is 1.93. The van der Waals surface area contributed by atoms with E-state index >= 15 is 0 Å². The van der Waals surface area contributed by atoms with Crippen molar-refractivity contribution in [2.45, 2.75) is 6.04 Å². The Morgan fingerprint density at radius 2 is 2.00 bits per heavy atom. The van der Waals surface area contributed by atoms with Crippen molar-refractivity contribution >= 4 is 0 Å².